The molecule has 1 atom stereocenters. The molecule has 3 nitrogen and oxygen atoms in total. The number of hydrogen-bond acceptors (Lipinski definition) is 3. The highest BCUT2D eigenvalue weighted by molar-refractivity contribution is 5.27. The van der Waals surface area contributed by atoms with Crippen molar-refractivity contribution in [1.82, 2.24) is 4.98 Å². The highest BCUT2D eigenvalue weighted by atomic mass is 16.5. The first-order chi connectivity index (χ1) is 5.90. The van der Waals surface area contributed by atoms with Crippen molar-refractivity contribution < 1.29 is 4.74 Å². The summed E-state index contributed by atoms with van der Waals surface area (Å²) in [5.74, 6) is 0.763. The van der Waals surface area contributed by atoms with Gasteiger partial charge in [-0.3, -0.25) is 0 Å². The number of nitrogens with two attached hydrogens (primary N) is 1. The van der Waals surface area contributed by atoms with Crippen LogP contribution in [0, 0.1) is 0 Å². The van der Waals surface area contributed by atoms with Crippen molar-refractivity contribution in [2.24, 2.45) is 5.73 Å². The van der Waals surface area contributed by atoms with Gasteiger partial charge in [0.1, 0.15) is 6.10 Å². The van der Waals surface area contributed by atoms with E-state index >= 15 is 0 Å². The van der Waals surface area contributed by atoms with Crippen molar-refractivity contribution >= 4 is 0 Å². The van der Waals surface area contributed by atoms with Crippen molar-refractivity contribution in [1.29, 1.82) is 0 Å². The molecule has 12 heavy (non-hydrogen) atoms. The van der Waals surface area contributed by atoms with Gasteiger partial charge in [0.05, 0.1) is 0 Å². The minimum absolute atomic E-state index is 0.160. The van der Waals surface area contributed by atoms with Crippen molar-refractivity contribution in [3.05, 3.63) is 23.9 Å². The standard InChI is InChI=1S/C9H12N2O/c10-6-8-4-3-7-2-1-5-11-9(7)12-8/h1-2,5,8H,3-4,6,10H2/t8-/m0/s1. The zero-order valence-corrected chi connectivity index (χ0v) is 6.86. The van der Waals surface area contributed by atoms with Gasteiger partial charge >= 0.3 is 0 Å². The first-order valence-corrected chi connectivity index (χ1v) is 4.21. The first-order valence-electron chi connectivity index (χ1n) is 4.21. The van der Waals surface area contributed by atoms with Crippen LogP contribution in [0.2, 0.25) is 0 Å². The van der Waals surface area contributed by atoms with E-state index in [-0.39, 0.29) is 6.10 Å². The summed E-state index contributed by atoms with van der Waals surface area (Å²) in [5, 5.41) is 0. The summed E-state index contributed by atoms with van der Waals surface area (Å²) in [6.45, 7) is 0.579. The van der Waals surface area contributed by atoms with Gasteiger partial charge in [-0.25, -0.2) is 4.98 Å². The van der Waals surface area contributed by atoms with Crippen LogP contribution in [0.25, 0.3) is 0 Å². The molecule has 0 aromatic carbocycles. The van der Waals surface area contributed by atoms with Crippen LogP contribution in [0.4, 0.5) is 0 Å². The predicted molar refractivity (Wildman–Crippen MR) is 46.0 cm³/mol. The molecule has 1 aliphatic heterocycles. The third-order valence-electron chi connectivity index (χ3n) is 2.13. The summed E-state index contributed by atoms with van der Waals surface area (Å²) in [6, 6.07) is 3.99. The molecule has 0 bridgehead atoms. The minimum Gasteiger partial charge on any atom is -0.473 e. The van der Waals surface area contributed by atoms with E-state index < -0.39 is 0 Å². The topological polar surface area (TPSA) is 48.1 Å². The van der Waals surface area contributed by atoms with Crippen LogP contribution < -0.4 is 10.5 Å². The average Bonchev–Trinajstić information content (AvgIpc) is 2.17. The monoisotopic (exact) mass is 164 g/mol. The lowest BCUT2D eigenvalue weighted by Gasteiger charge is -2.23. The summed E-state index contributed by atoms with van der Waals surface area (Å²) in [4.78, 5) is 4.14. The maximum atomic E-state index is 5.54. The minimum atomic E-state index is 0.160. The van der Waals surface area contributed by atoms with Gasteiger partial charge in [-0.15, -0.1) is 0 Å². The molecule has 3 heteroatoms. The number of fused-ring (bicyclic) bond motifs is 1. The normalized spacial score (nSPS) is 21.2. The molecule has 0 radical (unpaired) electrons. The summed E-state index contributed by atoms with van der Waals surface area (Å²) in [7, 11) is 0. The van der Waals surface area contributed by atoms with Crippen molar-refractivity contribution in [2.75, 3.05) is 6.54 Å². The Labute approximate surface area is 71.6 Å². The van der Waals surface area contributed by atoms with Gasteiger partial charge < -0.3 is 10.5 Å². The van der Waals surface area contributed by atoms with E-state index in [2.05, 4.69) is 11.1 Å². The van der Waals surface area contributed by atoms with Gasteiger partial charge in [-0.2, -0.15) is 0 Å². The number of pyridine rings is 1. The second-order valence-electron chi connectivity index (χ2n) is 2.98. The quantitative estimate of drug-likeness (QED) is 0.665. The largest absolute Gasteiger partial charge is 0.473 e. The zero-order valence-electron chi connectivity index (χ0n) is 6.86. The maximum Gasteiger partial charge on any atom is 0.216 e. The van der Waals surface area contributed by atoms with Gasteiger partial charge in [-0.05, 0) is 18.9 Å². The highest BCUT2D eigenvalue weighted by Gasteiger charge is 2.18. The van der Waals surface area contributed by atoms with Crippen LogP contribution >= 0.6 is 0 Å². The molecule has 2 rings (SSSR count). The Morgan fingerprint density at radius 3 is 3.42 bits per heavy atom. The molecular weight excluding hydrogens is 152 g/mol. The summed E-state index contributed by atoms with van der Waals surface area (Å²) >= 11 is 0. The second-order valence-corrected chi connectivity index (χ2v) is 2.98. The van der Waals surface area contributed by atoms with E-state index in [9.17, 15) is 0 Å². The lowest BCUT2D eigenvalue weighted by atomic mass is 10.1. The van der Waals surface area contributed by atoms with E-state index in [1.165, 1.54) is 5.56 Å². The van der Waals surface area contributed by atoms with E-state index in [0.717, 1.165) is 18.7 Å². The summed E-state index contributed by atoms with van der Waals surface area (Å²) < 4.78 is 5.54. The Balaban J connectivity index is 2.23. The number of hydrogen-bond donors (Lipinski definition) is 1. The first kappa shape index (κ1) is 7.55. The highest BCUT2D eigenvalue weighted by Crippen LogP contribution is 2.23. The van der Waals surface area contributed by atoms with Crippen molar-refractivity contribution in [3.63, 3.8) is 0 Å². The van der Waals surface area contributed by atoms with Gasteiger partial charge in [0.15, 0.2) is 0 Å². The molecule has 1 aromatic rings. The molecule has 1 aromatic heterocycles. The van der Waals surface area contributed by atoms with Gasteiger partial charge in [0, 0.05) is 18.3 Å². The predicted octanol–water partition coefficient (Wildman–Crippen LogP) is 0.734. The average molecular weight is 164 g/mol. The Morgan fingerprint density at radius 2 is 2.58 bits per heavy atom. The summed E-state index contributed by atoms with van der Waals surface area (Å²) in [5.41, 5.74) is 6.70. The molecule has 0 saturated carbocycles. The number of aryl methyl sites for hydroxylation is 1. The molecule has 2 N–H and O–H groups in total. The molecule has 0 saturated heterocycles. The van der Waals surface area contributed by atoms with Gasteiger partial charge in [0.25, 0.3) is 0 Å². The molecule has 0 fully saturated rings. The molecule has 0 unspecified atom stereocenters. The van der Waals surface area contributed by atoms with E-state index in [4.69, 9.17) is 10.5 Å². The van der Waals surface area contributed by atoms with Gasteiger partial charge in [0.2, 0.25) is 5.88 Å². The zero-order chi connectivity index (χ0) is 8.39. The van der Waals surface area contributed by atoms with Crippen LogP contribution in [0.5, 0.6) is 5.88 Å². The van der Waals surface area contributed by atoms with Gasteiger partial charge in [-0.1, -0.05) is 6.07 Å². The molecule has 0 amide bonds. The summed E-state index contributed by atoms with van der Waals surface area (Å²) in [6.07, 6.45) is 3.95. The number of ether oxygens (including phenoxy) is 1. The van der Waals surface area contributed by atoms with Crippen molar-refractivity contribution in [3.8, 4) is 5.88 Å². The molecular formula is C9H12N2O. The Bertz CT molecular complexity index is 275. The fourth-order valence-electron chi connectivity index (χ4n) is 1.42. The molecule has 0 aliphatic carbocycles. The van der Waals surface area contributed by atoms with E-state index in [0.29, 0.717) is 6.54 Å². The van der Waals surface area contributed by atoms with Crippen LogP contribution in [-0.4, -0.2) is 17.6 Å². The van der Waals surface area contributed by atoms with Crippen LogP contribution in [0.3, 0.4) is 0 Å². The molecule has 2 heterocycles. The smallest absolute Gasteiger partial charge is 0.216 e. The number of nitrogens with zero attached hydrogens (tertiary/aromatic N) is 1. The fourth-order valence-corrected chi connectivity index (χ4v) is 1.42. The SMILES string of the molecule is NC[C@@H]1CCc2cccnc2O1. The Morgan fingerprint density at radius 1 is 1.67 bits per heavy atom. The third kappa shape index (κ3) is 1.28. The van der Waals surface area contributed by atoms with Crippen LogP contribution in [0.15, 0.2) is 18.3 Å². The van der Waals surface area contributed by atoms with E-state index in [1.807, 2.05) is 6.07 Å². The number of aromatic nitrogens is 1. The third-order valence-corrected chi connectivity index (χ3v) is 2.13. The lowest BCUT2D eigenvalue weighted by Crippen LogP contribution is -2.30. The Hall–Kier alpha value is -1.09. The van der Waals surface area contributed by atoms with Crippen molar-refractivity contribution in [2.45, 2.75) is 18.9 Å². The molecule has 1 aliphatic rings. The van der Waals surface area contributed by atoms with E-state index in [1.54, 1.807) is 6.20 Å². The van der Waals surface area contributed by atoms with Crippen LogP contribution in [0.1, 0.15) is 12.0 Å². The lowest BCUT2D eigenvalue weighted by molar-refractivity contribution is 0.173. The van der Waals surface area contributed by atoms with Crippen LogP contribution in [-0.2, 0) is 6.42 Å². The number of rotatable bonds is 1. The molecule has 64 valence electrons. The maximum absolute atomic E-state index is 5.54. The Kier molecular flexibility index (Phi) is 1.96. The molecule has 0 spiro atoms. The second kappa shape index (κ2) is 3.11. The fraction of sp³-hybridized carbons (Fsp3) is 0.444.